The van der Waals surface area contributed by atoms with Gasteiger partial charge in [0.25, 0.3) is 5.91 Å². The van der Waals surface area contributed by atoms with E-state index >= 15 is 0 Å². The monoisotopic (exact) mass is 346 g/mol. The van der Waals surface area contributed by atoms with Gasteiger partial charge in [-0.25, -0.2) is 8.78 Å². The van der Waals surface area contributed by atoms with Crippen molar-refractivity contribution in [1.82, 2.24) is 9.80 Å². The molecule has 0 spiro atoms. The minimum atomic E-state index is -0.998. The van der Waals surface area contributed by atoms with E-state index in [9.17, 15) is 13.6 Å². The van der Waals surface area contributed by atoms with Gasteiger partial charge in [-0.15, -0.1) is 0 Å². The number of ether oxygens (including phenoxy) is 1. The van der Waals surface area contributed by atoms with Crippen molar-refractivity contribution >= 4 is 5.91 Å². The zero-order valence-electron chi connectivity index (χ0n) is 14.0. The Bertz CT molecular complexity index is 759. The molecule has 0 aliphatic carbocycles. The number of carbonyl (C=O) groups excluding carboxylic acids is 1. The molecule has 2 aromatic rings. The minimum Gasteiger partial charge on any atom is -0.497 e. The number of methoxy groups -OCH3 is 1. The van der Waals surface area contributed by atoms with Gasteiger partial charge >= 0.3 is 0 Å². The van der Waals surface area contributed by atoms with E-state index in [0.29, 0.717) is 13.1 Å². The fraction of sp³-hybridized carbons (Fsp3) is 0.316. The van der Waals surface area contributed by atoms with Gasteiger partial charge in [-0.1, -0.05) is 12.1 Å². The lowest BCUT2D eigenvalue weighted by molar-refractivity contribution is 0.0628. The fourth-order valence-corrected chi connectivity index (χ4v) is 2.95. The van der Waals surface area contributed by atoms with Crippen LogP contribution in [0.2, 0.25) is 0 Å². The van der Waals surface area contributed by atoms with Gasteiger partial charge in [0.2, 0.25) is 0 Å². The lowest BCUT2D eigenvalue weighted by atomic mass is 10.1. The van der Waals surface area contributed by atoms with Crippen LogP contribution in [0, 0.1) is 11.6 Å². The Balaban J connectivity index is 1.57. The predicted octanol–water partition coefficient (Wildman–Crippen LogP) is 2.93. The summed E-state index contributed by atoms with van der Waals surface area (Å²) in [6.45, 7) is 3.35. The first-order valence-electron chi connectivity index (χ1n) is 8.16. The van der Waals surface area contributed by atoms with Crippen molar-refractivity contribution in [3.05, 3.63) is 65.2 Å². The highest BCUT2D eigenvalue weighted by Gasteiger charge is 2.23. The number of carbonyl (C=O) groups is 1. The molecule has 0 aromatic heterocycles. The molecule has 1 saturated heterocycles. The van der Waals surface area contributed by atoms with E-state index in [1.165, 1.54) is 6.07 Å². The van der Waals surface area contributed by atoms with Crippen LogP contribution in [0.25, 0.3) is 0 Å². The van der Waals surface area contributed by atoms with Crippen LogP contribution >= 0.6 is 0 Å². The van der Waals surface area contributed by atoms with Gasteiger partial charge in [0.1, 0.15) is 5.75 Å². The molecule has 132 valence electrons. The van der Waals surface area contributed by atoms with Crippen molar-refractivity contribution in [1.29, 1.82) is 0 Å². The molecule has 0 N–H and O–H groups in total. The van der Waals surface area contributed by atoms with E-state index < -0.39 is 11.6 Å². The summed E-state index contributed by atoms with van der Waals surface area (Å²) in [5.41, 5.74) is 1.33. The normalized spacial score (nSPS) is 15.2. The van der Waals surface area contributed by atoms with Crippen molar-refractivity contribution < 1.29 is 18.3 Å². The predicted molar refractivity (Wildman–Crippen MR) is 90.5 cm³/mol. The molecule has 0 unspecified atom stereocenters. The molecular weight excluding hydrogens is 326 g/mol. The van der Waals surface area contributed by atoms with Gasteiger partial charge < -0.3 is 9.64 Å². The van der Waals surface area contributed by atoms with Crippen LogP contribution in [-0.2, 0) is 6.54 Å². The largest absolute Gasteiger partial charge is 0.497 e. The second-order valence-electron chi connectivity index (χ2n) is 6.05. The zero-order chi connectivity index (χ0) is 17.8. The van der Waals surface area contributed by atoms with Crippen LogP contribution in [0.3, 0.4) is 0 Å². The standard InChI is InChI=1S/C19H20F2N2O2/c1-25-16-4-2-3-14(11-16)13-22-7-9-23(10-8-22)19(24)15-5-6-17(20)18(21)12-15/h2-6,11-12H,7-10,13H2,1H3. The maximum Gasteiger partial charge on any atom is 0.254 e. The van der Waals surface area contributed by atoms with Gasteiger partial charge in [0, 0.05) is 38.3 Å². The van der Waals surface area contributed by atoms with Crippen molar-refractivity contribution in [2.75, 3.05) is 33.3 Å². The molecule has 1 aliphatic rings. The summed E-state index contributed by atoms with van der Waals surface area (Å²) in [5.74, 6) is -1.38. The van der Waals surface area contributed by atoms with E-state index in [-0.39, 0.29) is 11.5 Å². The highest BCUT2D eigenvalue weighted by Crippen LogP contribution is 2.17. The van der Waals surface area contributed by atoms with Crippen molar-refractivity contribution in [3.63, 3.8) is 0 Å². The highest BCUT2D eigenvalue weighted by molar-refractivity contribution is 5.94. The molecule has 0 bridgehead atoms. The summed E-state index contributed by atoms with van der Waals surface area (Å²) < 4.78 is 31.5. The third-order valence-corrected chi connectivity index (χ3v) is 4.37. The topological polar surface area (TPSA) is 32.8 Å². The number of hydrogen-bond donors (Lipinski definition) is 0. The van der Waals surface area contributed by atoms with Crippen molar-refractivity contribution in [3.8, 4) is 5.75 Å². The molecule has 25 heavy (non-hydrogen) atoms. The molecule has 3 rings (SSSR count). The molecule has 1 fully saturated rings. The SMILES string of the molecule is COc1cccc(CN2CCN(C(=O)c3ccc(F)c(F)c3)CC2)c1. The fourth-order valence-electron chi connectivity index (χ4n) is 2.95. The average Bonchev–Trinajstić information content (AvgIpc) is 2.64. The Morgan fingerprint density at radius 3 is 2.48 bits per heavy atom. The summed E-state index contributed by atoms with van der Waals surface area (Å²) in [7, 11) is 1.64. The van der Waals surface area contributed by atoms with Crippen molar-refractivity contribution in [2.45, 2.75) is 6.54 Å². The highest BCUT2D eigenvalue weighted by atomic mass is 19.2. The Kier molecular flexibility index (Phi) is 5.28. The number of nitrogens with zero attached hydrogens (tertiary/aromatic N) is 2. The van der Waals surface area contributed by atoms with Crippen LogP contribution in [0.4, 0.5) is 8.78 Å². The number of rotatable bonds is 4. The molecule has 1 aliphatic heterocycles. The molecule has 1 amide bonds. The molecule has 2 aromatic carbocycles. The molecule has 6 heteroatoms. The van der Waals surface area contributed by atoms with Crippen LogP contribution in [0.1, 0.15) is 15.9 Å². The van der Waals surface area contributed by atoms with Crippen LogP contribution in [0.15, 0.2) is 42.5 Å². The van der Waals surface area contributed by atoms with Gasteiger partial charge in [-0.2, -0.15) is 0 Å². The van der Waals surface area contributed by atoms with Gasteiger partial charge in [0.05, 0.1) is 7.11 Å². The number of halogens is 2. The summed E-state index contributed by atoms with van der Waals surface area (Å²) in [4.78, 5) is 16.3. The zero-order valence-corrected chi connectivity index (χ0v) is 14.0. The maximum atomic E-state index is 13.3. The Morgan fingerprint density at radius 2 is 1.80 bits per heavy atom. The summed E-state index contributed by atoms with van der Waals surface area (Å²) in [5, 5.41) is 0. The number of piperazine rings is 1. The first kappa shape index (κ1) is 17.4. The molecular formula is C19H20F2N2O2. The van der Waals surface area contributed by atoms with Gasteiger partial charge in [-0.3, -0.25) is 9.69 Å². The first-order valence-corrected chi connectivity index (χ1v) is 8.16. The van der Waals surface area contributed by atoms with E-state index in [0.717, 1.165) is 43.1 Å². The maximum absolute atomic E-state index is 13.3. The lowest BCUT2D eigenvalue weighted by Gasteiger charge is -2.34. The third-order valence-electron chi connectivity index (χ3n) is 4.37. The molecule has 0 saturated carbocycles. The van der Waals surface area contributed by atoms with Crippen molar-refractivity contribution in [2.24, 2.45) is 0 Å². The average molecular weight is 346 g/mol. The van der Waals surface area contributed by atoms with Crippen LogP contribution in [0.5, 0.6) is 5.75 Å². The summed E-state index contributed by atoms with van der Waals surface area (Å²) in [6, 6.07) is 11.2. The molecule has 0 radical (unpaired) electrons. The Hall–Kier alpha value is -2.47. The molecule has 1 heterocycles. The summed E-state index contributed by atoms with van der Waals surface area (Å²) >= 11 is 0. The van der Waals surface area contributed by atoms with Crippen LogP contribution < -0.4 is 4.74 Å². The number of benzene rings is 2. The number of hydrogen-bond acceptors (Lipinski definition) is 3. The second kappa shape index (κ2) is 7.61. The Morgan fingerprint density at radius 1 is 1.04 bits per heavy atom. The summed E-state index contributed by atoms with van der Waals surface area (Å²) in [6.07, 6.45) is 0. The third kappa shape index (κ3) is 4.14. The Labute approximate surface area is 145 Å². The smallest absolute Gasteiger partial charge is 0.254 e. The van der Waals surface area contributed by atoms with E-state index in [1.807, 2.05) is 24.3 Å². The van der Waals surface area contributed by atoms with E-state index in [4.69, 9.17) is 4.74 Å². The quantitative estimate of drug-likeness (QED) is 0.853. The second-order valence-corrected chi connectivity index (χ2v) is 6.05. The molecule has 4 nitrogen and oxygen atoms in total. The first-order chi connectivity index (χ1) is 12.1. The number of amides is 1. The van der Waals surface area contributed by atoms with E-state index in [2.05, 4.69) is 4.90 Å². The van der Waals surface area contributed by atoms with Gasteiger partial charge in [-0.05, 0) is 35.9 Å². The van der Waals surface area contributed by atoms with E-state index in [1.54, 1.807) is 12.0 Å². The van der Waals surface area contributed by atoms with Crippen LogP contribution in [-0.4, -0.2) is 49.0 Å². The van der Waals surface area contributed by atoms with Gasteiger partial charge in [0.15, 0.2) is 11.6 Å². The molecule has 0 atom stereocenters. The minimum absolute atomic E-state index is 0.181. The lowest BCUT2D eigenvalue weighted by Crippen LogP contribution is -2.48.